The van der Waals surface area contributed by atoms with Crippen molar-refractivity contribution in [3.63, 3.8) is 0 Å². The molecule has 0 aliphatic rings. The lowest BCUT2D eigenvalue weighted by Gasteiger charge is -2.00. The van der Waals surface area contributed by atoms with E-state index in [0.29, 0.717) is 29.4 Å². The van der Waals surface area contributed by atoms with Gasteiger partial charge in [0.25, 0.3) is 0 Å². The van der Waals surface area contributed by atoms with Crippen LogP contribution in [0.15, 0.2) is 41.9 Å². The van der Waals surface area contributed by atoms with Gasteiger partial charge < -0.3 is 9.13 Å². The highest BCUT2D eigenvalue weighted by molar-refractivity contribution is 7.99. The number of para-hydroxylation sites is 1. The summed E-state index contributed by atoms with van der Waals surface area (Å²) in [5, 5.41) is 18.2. The third-order valence-corrected chi connectivity index (χ3v) is 4.59. The summed E-state index contributed by atoms with van der Waals surface area (Å²) < 4.78 is 3.76. The van der Waals surface area contributed by atoms with Crippen molar-refractivity contribution in [2.75, 3.05) is 5.75 Å². The molecule has 6 nitrogen and oxygen atoms in total. The second kappa shape index (κ2) is 6.67. The van der Waals surface area contributed by atoms with E-state index >= 15 is 0 Å². The van der Waals surface area contributed by atoms with Gasteiger partial charge in [-0.3, -0.25) is 4.79 Å². The van der Waals surface area contributed by atoms with Crippen LogP contribution in [0.25, 0.3) is 10.9 Å². The van der Waals surface area contributed by atoms with Gasteiger partial charge in [0.05, 0.1) is 18.2 Å². The van der Waals surface area contributed by atoms with E-state index in [1.165, 1.54) is 11.8 Å². The van der Waals surface area contributed by atoms with Gasteiger partial charge in [0, 0.05) is 36.3 Å². The fraction of sp³-hybridized carbons (Fsp3) is 0.250. The number of hydrogen-bond donors (Lipinski definition) is 0. The highest BCUT2D eigenvalue weighted by atomic mass is 32.2. The lowest BCUT2D eigenvalue weighted by Crippen LogP contribution is -2.03. The lowest BCUT2D eigenvalue weighted by atomic mass is 10.1. The Labute approximate surface area is 137 Å². The molecule has 0 saturated carbocycles. The lowest BCUT2D eigenvalue weighted by molar-refractivity contribution is 0.102. The second-order valence-corrected chi connectivity index (χ2v) is 6.04. The van der Waals surface area contributed by atoms with E-state index in [0.717, 1.165) is 10.9 Å². The van der Waals surface area contributed by atoms with Crippen molar-refractivity contribution in [1.82, 2.24) is 19.3 Å². The Morgan fingerprint density at radius 1 is 1.39 bits per heavy atom. The fourth-order valence-corrected chi connectivity index (χ4v) is 3.21. The van der Waals surface area contributed by atoms with Crippen LogP contribution in [0.4, 0.5) is 0 Å². The second-order valence-electron chi connectivity index (χ2n) is 5.10. The number of rotatable bonds is 6. The molecule has 0 N–H and O–H groups in total. The van der Waals surface area contributed by atoms with E-state index in [4.69, 9.17) is 5.26 Å². The first kappa shape index (κ1) is 15.3. The first-order chi connectivity index (χ1) is 11.2. The zero-order chi connectivity index (χ0) is 16.2. The molecule has 0 aliphatic carbocycles. The minimum atomic E-state index is 0.0462. The van der Waals surface area contributed by atoms with Crippen molar-refractivity contribution >= 4 is 28.4 Å². The molecular weight excluding hydrogens is 310 g/mol. The number of carbonyl (C=O) groups excluding carboxylic acids is 1. The molecule has 23 heavy (non-hydrogen) atoms. The molecule has 0 radical (unpaired) electrons. The van der Waals surface area contributed by atoms with Crippen LogP contribution in [-0.4, -0.2) is 30.9 Å². The fourth-order valence-electron chi connectivity index (χ4n) is 2.44. The summed E-state index contributed by atoms with van der Waals surface area (Å²) in [6.45, 7) is 0.584. The third kappa shape index (κ3) is 3.12. The predicted octanol–water partition coefficient (Wildman–Crippen LogP) is 2.66. The summed E-state index contributed by atoms with van der Waals surface area (Å²) in [4.78, 5) is 12.6. The Balaban J connectivity index is 1.85. The van der Waals surface area contributed by atoms with Crippen molar-refractivity contribution in [1.29, 1.82) is 5.26 Å². The van der Waals surface area contributed by atoms with E-state index in [1.54, 1.807) is 10.9 Å². The van der Waals surface area contributed by atoms with Crippen molar-refractivity contribution in [2.45, 2.75) is 18.1 Å². The number of aromatic nitrogens is 4. The van der Waals surface area contributed by atoms with E-state index < -0.39 is 0 Å². The van der Waals surface area contributed by atoms with Crippen molar-refractivity contribution < 1.29 is 4.79 Å². The average Bonchev–Trinajstić information content (AvgIpc) is 3.14. The maximum absolute atomic E-state index is 12.6. The zero-order valence-corrected chi connectivity index (χ0v) is 13.5. The molecule has 0 aliphatic heterocycles. The monoisotopic (exact) mass is 325 g/mol. The quantitative estimate of drug-likeness (QED) is 0.514. The summed E-state index contributed by atoms with van der Waals surface area (Å²) >= 11 is 1.37. The van der Waals surface area contributed by atoms with Gasteiger partial charge in [0.15, 0.2) is 10.9 Å². The number of nitriles is 1. The summed E-state index contributed by atoms with van der Waals surface area (Å²) in [5.41, 5.74) is 1.67. The van der Waals surface area contributed by atoms with Crippen LogP contribution < -0.4 is 0 Å². The number of fused-ring (bicyclic) bond motifs is 1. The molecule has 0 unspecified atom stereocenters. The molecule has 2 aromatic heterocycles. The molecule has 0 spiro atoms. The van der Waals surface area contributed by atoms with Crippen molar-refractivity contribution in [2.24, 2.45) is 7.05 Å². The predicted molar refractivity (Wildman–Crippen MR) is 88.2 cm³/mol. The number of thioether (sulfide) groups is 1. The van der Waals surface area contributed by atoms with Crippen molar-refractivity contribution in [3.8, 4) is 6.07 Å². The first-order valence-electron chi connectivity index (χ1n) is 7.15. The number of carbonyl (C=O) groups is 1. The molecule has 0 fully saturated rings. The smallest absolute Gasteiger partial charge is 0.191 e. The first-order valence-corrected chi connectivity index (χ1v) is 8.14. The van der Waals surface area contributed by atoms with E-state index in [9.17, 15) is 4.79 Å². The largest absolute Gasteiger partial charge is 0.346 e. The van der Waals surface area contributed by atoms with Crippen LogP contribution in [0.1, 0.15) is 16.8 Å². The zero-order valence-electron chi connectivity index (χ0n) is 12.6. The summed E-state index contributed by atoms with van der Waals surface area (Å²) in [7, 11) is 1.85. The van der Waals surface area contributed by atoms with Crippen LogP contribution in [0.3, 0.4) is 0 Å². The van der Waals surface area contributed by atoms with Gasteiger partial charge in [-0.05, 0) is 6.07 Å². The molecule has 0 saturated heterocycles. The highest BCUT2D eigenvalue weighted by Gasteiger charge is 2.16. The van der Waals surface area contributed by atoms with Crippen LogP contribution in [0.2, 0.25) is 0 Å². The van der Waals surface area contributed by atoms with Crippen LogP contribution in [-0.2, 0) is 13.6 Å². The Kier molecular flexibility index (Phi) is 4.44. The van der Waals surface area contributed by atoms with Gasteiger partial charge in [-0.2, -0.15) is 5.26 Å². The summed E-state index contributed by atoms with van der Waals surface area (Å²) in [5.74, 6) is 0.351. The molecule has 116 valence electrons. The molecule has 3 rings (SSSR count). The molecule has 0 bridgehead atoms. The number of ketones is 1. The maximum Gasteiger partial charge on any atom is 0.191 e. The van der Waals surface area contributed by atoms with Gasteiger partial charge in [0.1, 0.15) is 6.33 Å². The minimum absolute atomic E-state index is 0.0462. The van der Waals surface area contributed by atoms with E-state index in [2.05, 4.69) is 16.3 Å². The number of benzene rings is 1. The molecule has 7 heteroatoms. The number of nitrogens with zero attached hydrogens (tertiary/aromatic N) is 5. The average molecular weight is 325 g/mol. The Bertz CT molecular complexity index is 889. The van der Waals surface area contributed by atoms with Gasteiger partial charge in [-0.15, -0.1) is 10.2 Å². The Morgan fingerprint density at radius 3 is 2.96 bits per heavy atom. The molecular formula is C16H15N5OS. The van der Waals surface area contributed by atoms with E-state index in [1.807, 2.05) is 42.1 Å². The molecule has 0 amide bonds. The van der Waals surface area contributed by atoms with Gasteiger partial charge in [-0.25, -0.2) is 0 Å². The highest BCUT2D eigenvalue weighted by Crippen LogP contribution is 2.24. The molecule has 1 aromatic carbocycles. The maximum atomic E-state index is 12.6. The van der Waals surface area contributed by atoms with Crippen LogP contribution in [0.5, 0.6) is 0 Å². The minimum Gasteiger partial charge on any atom is -0.346 e. The number of hydrogen-bond acceptors (Lipinski definition) is 5. The number of aryl methyl sites for hydroxylation is 2. The normalized spacial score (nSPS) is 10.8. The van der Waals surface area contributed by atoms with Crippen molar-refractivity contribution in [3.05, 3.63) is 42.4 Å². The van der Waals surface area contributed by atoms with E-state index in [-0.39, 0.29) is 5.78 Å². The Morgan fingerprint density at radius 2 is 2.22 bits per heavy atom. The van der Waals surface area contributed by atoms with Gasteiger partial charge in [-0.1, -0.05) is 30.0 Å². The topological polar surface area (TPSA) is 76.5 Å². The summed E-state index contributed by atoms with van der Waals surface area (Å²) in [6, 6.07) is 9.91. The van der Waals surface area contributed by atoms with Gasteiger partial charge in [0.2, 0.25) is 0 Å². The number of Topliss-reactive ketones (excluding diaryl/α,β-unsaturated/α-hetero) is 1. The SMILES string of the molecule is Cn1cnnc1SCC(=O)c1cn(CCC#N)c2ccccc12. The Hall–Kier alpha value is -2.59. The summed E-state index contributed by atoms with van der Waals surface area (Å²) in [6.07, 6.45) is 3.88. The van der Waals surface area contributed by atoms with Crippen LogP contribution in [0, 0.1) is 11.3 Å². The molecule has 2 heterocycles. The standard InChI is InChI=1S/C16H15N5OS/c1-20-11-18-19-16(20)23-10-15(22)13-9-21(8-4-7-17)14-6-3-2-5-12(13)14/h2-3,5-6,9,11H,4,8,10H2,1H3. The third-order valence-electron chi connectivity index (χ3n) is 3.56. The molecule has 0 atom stereocenters. The molecule has 3 aromatic rings. The van der Waals surface area contributed by atoms with Crippen LogP contribution >= 0.6 is 11.8 Å². The van der Waals surface area contributed by atoms with Gasteiger partial charge >= 0.3 is 0 Å².